The molecule has 0 bridgehead atoms. The quantitative estimate of drug-likeness (QED) is 0.642. The molecule has 0 aliphatic rings. The van der Waals surface area contributed by atoms with Crippen molar-refractivity contribution in [1.29, 1.82) is 0 Å². The van der Waals surface area contributed by atoms with E-state index in [4.69, 9.17) is 9.47 Å². The average molecular weight is 294 g/mol. The molecule has 0 spiro atoms. The number of aryl methyl sites for hydroxylation is 1. The molecule has 0 radical (unpaired) electrons. The normalized spacial score (nSPS) is 12.1. The second-order valence-electron chi connectivity index (χ2n) is 4.72. The number of ether oxygens (including phenoxy) is 2. The Labute approximate surface area is 124 Å². The van der Waals surface area contributed by atoms with Crippen LogP contribution in [0.2, 0.25) is 0 Å². The van der Waals surface area contributed by atoms with Gasteiger partial charge in [-0.3, -0.25) is 9.59 Å². The van der Waals surface area contributed by atoms with Crippen molar-refractivity contribution in [2.45, 2.75) is 33.8 Å². The van der Waals surface area contributed by atoms with Gasteiger partial charge in [0, 0.05) is 0 Å². The number of esters is 2. The molecule has 1 aromatic rings. The Balaban J connectivity index is 3.15. The maximum atomic E-state index is 12.0. The van der Waals surface area contributed by atoms with Gasteiger partial charge >= 0.3 is 11.9 Å². The number of carbonyl (C=O) groups is 2. The third kappa shape index (κ3) is 4.04. The highest BCUT2D eigenvalue weighted by Crippen LogP contribution is 2.28. The van der Waals surface area contributed by atoms with Crippen molar-refractivity contribution in [2.75, 3.05) is 13.2 Å². The molecule has 5 nitrogen and oxygen atoms in total. The Morgan fingerprint density at radius 1 is 1.10 bits per heavy atom. The number of aliphatic hydroxyl groups excluding tert-OH is 1. The highest BCUT2D eigenvalue weighted by molar-refractivity contribution is 5.95. The van der Waals surface area contributed by atoms with E-state index in [0.29, 0.717) is 5.56 Å². The molecule has 116 valence electrons. The summed E-state index contributed by atoms with van der Waals surface area (Å²) in [7, 11) is 0. The Morgan fingerprint density at radius 3 is 2.10 bits per heavy atom. The third-order valence-corrected chi connectivity index (χ3v) is 3.36. The van der Waals surface area contributed by atoms with Gasteiger partial charge in [-0.1, -0.05) is 18.2 Å². The topological polar surface area (TPSA) is 72.8 Å². The van der Waals surface area contributed by atoms with Gasteiger partial charge in [-0.25, -0.2) is 0 Å². The van der Waals surface area contributed by atoms with E-state index in [-0.39, 0.29) is 13.2 Å². The van der Waals surface area contributed by atoms with E-state index in [0.717, 1.165) is 11.1 Å². The van der Waals surface area contributed by atoms with E-state index < -0.39 is 24.0 Å². The van der Waals surface area contributed by atoms with Crippen LogP contribution in [0.25, 0.3) is 0 Å². The van der Waals surface area contributed by atoms with Crippen molar-refractivity contribution < 1.29 is 24.2 Å². The largest absolute Gasteiger partial charge is 0.465 e. The van der Waals surface area contributed by atoms with Crippen LogP contribution < -0.4 is 0 Å². The lowest BCUT2D eigenvalue weighted by molar-refractivity contribution is -0.167. The number of rotatable bonds is 6. The number of aliphatic hydroxyl groups is 1. The summed E-state index contributed by atoms with van der Waals surface area (Å²) in [5.74, 6) is -2.92. The summed E-state index contributed by atoms with van der Waals surface area (Å²) in [6.45, 7) is 7.29. The van der Waals surface area contributed by atoms with Gasteiger partial charge in [0.05, 0.1) is 13.2 Å². The summed E-state index contributed by atoms with van der Waals surface area (Å²) in [5, 5.41) is 10.5. The van der Waals surface area contributed by atoms with Gasteiger partial charge in [-0.05, 0) is 44.4 Å². The molecule has 0 aliphatic heterocycles. The zero-order chi connectivity index (χ0) is 16.0. The van der Waals surface area contributed by atoms with Crippen molar-refractivity contribution in [1.82, 2.24) is 0 Å². The Morgan fingerprint density at radius 2 is 1.62 bits per heavy atom. The Hall–Kier alpha value is -1.88. The fourth-order valence-electron chi connectivity index (χ4n) is 2.09. The smallest absolute Gasteiger partial charge is 0.323 e. The minimum atomic E-state index is -1.37. The molecule has 21 heavy (non-hydrogen) atoms. The van der Waals surface area contributed by atoms with Crippen molar-refractivity contribution in [2.24, 2.45) is 5.92 Å². The molecule has 0 heterocycles. The summed E-state index contributed by atoms with van der Waals surface area (Å²) >= 11 is 0. The summed E-state index contributed by atoms with van der Waals surface area (Å²) < 4.78 is 9.77. The lowest BCUT2D eigenvalue weighted by Gasteiger charge is -2.22. The molecule has 1 aromatic carbocycles. The first-order valence-electron chi connectivity index (χ1n) is 7.01. The van der Waals surface area contributed by atoms with Crippen LogP contribution in [-0.4, -0.2) is 30.3 Å². The zero-order valence-electron chi connectivity index (χ0n) is 12.9. The van der Waals surface area contributed by atoms with Crippen LogP contribution in [0.5, 0.6) is 0 Å². The molecule has 1 unspecified atom stereocenters. The maximum absolute atomic E-state index is 12.0. The van der Waals surface area contributed by atoms with E-state index >= 15 is 0 Å². The van der Waals surface area contributed by atoms with Gasteiger partial charge in [-0.2, -0.15) is 0 Å². The van der Waals surface area contributed by atoms with Gasteiger partial charge in [-0.15, -0.1) is 0 Å². The third-order valence-electron chi connectivity index (χ3n) is 3.36. The predicted octanol–water partition coefficient (Wildman–Crippen LogP) is 2.08. The van der Waals surface area contributed by atoms with Crippen LogP contribution in [0.1, 0.15) is 36.6 Å². The molecule has 0 saturated heterocycles. The first-order valence-corrected chi connectivity index (χ1v) is 7.01. The molecule has 1 N–H and O–H groups in total. The number of benzene rings is 1. The van der Waals surface area contributed by atoms with Crippen molar-refractivity contribution >= 4 is 11.9 Å². The molecule has 5 heteroatoms. The van der Waals surface area contributed by atoms with Crippen molar-refractivity contribution in [3.63, 3.8) is 0 Å². The molecular weight excluding hydrogens is 272 g/mol. The van der Waals surface area contributed by atoms with Gasteiger partial charge in [0.25, 0.3) is 0 Å². The zero-order valence-corrected chi connectivity index (χ0v) is 12.9. The van der Waals surface area contributed by atoms with Gasteiger partial charge in [0.1, 0.15) is 6.10 Å². The molecule has 0 aromatic heterocycles. The van der Waals surface area contributed by atoms with Crippen molar-refractivity contribution in [3.8, 4) is 0 Å². The van der Waals surface area contributed by atoms with E-state index in [1.165, 1.54) is 0 Å². The monoisotopic (exact) mass is 294 g/mol. The molecule has 0 fully saturated rings. The highest BCUT2D eigenvalue weighted by atomic mass is 16.6. The van der Waals surface area contributed by atoms with Gasteiger partial charge in [0.15, 0.2) is 5.92 Å². The minimum absolute atomic E-state index is 0.133. The van der Waals surface area contributed by atoms with Gasteiger partial charge < -0.3 is 14.6 Å². The Kier molecular flexibility index (Phi) is 6.37. The number of hydrogen-bond donors (Lipinski definition) is 1. The molecule has 1 atom stereocenters. The molecular formula is C16H22O5. The molecule has 0 saturated carbocycles. The fourth-order valence-corrected chi connectivity index (χ4v) is 2.09. The number of carbonyl (C=O) groups excluding carboxylic acids is 2. The summed E-state index contributed by atoms with van der Waals surface area (Å²) in [5.41, 5.74) is 2.34. The SMILES string of the molecule is CCOC(=O)C(C(=O)OCC)C(O)c1cccc(C)c1C. The van der Waals surface area contributed by atoms with E-state index in [9.17, 15) is 14.7 Å². The van der Waals surface area contributed by atoms with E-state index in [1.807, 2.05) is 19.9 Å². The maximum Gasteiger partial charge on any atom is 0.323 e. The highest BCUT2D eigenvalue weighted by Gasteiger charge is 2.38. The van der Waals surface area contributed by atoms with Crippen LogP contribution >= 0.6 is 0 Å². The van der Waals surface area contributed by atoms with Crippen molar-refractivity contribution in [3.05, 3.63) is 34.9 Å². The second kappa shape index (κ2) is 7.78. The lowest BCUT2D eigenvalue weighted by Crippen LogP contribution is -2.33. The van der Waals surface area contributed by atoms with Gasteiger partial charge in [0.2, 0.25) is 0 Å². The van der Waals surface area contributed by atoms with Crippen LogP contribution in [0.3, 0.4) is 0 Å². The fraction of sp³-hybridized carbons (Fsp3) is 0.500. The number of hydrogen-bond acceptors (Lipinski definition) is 5. The average Bonchev–Trinajstić information content (AvgIpc) is 2.42. The summed E-state index contributed by atoms with van der Waals surface area (Å²) in [4.78, 5) is 24.0. The first kappa shape index (κ1) is 17.2. The molecule has 1 rings (SSSR count). The lowest BCUT2D eigenvalue weighted by atomic mass is 9.91. The van der Waals surface area contributed by atoms with Crippen LogP contribution in [-0.2, 0) is 19.1 Å². The van der Waals surface area contributed by atoms with E-state index in [2.05, 4.69) is 0 Å². The molecule has 0 aliphatic carbocycles. The summed E-state index contributed by atoms with van der Waals surface area (Å²) in [6, 6.07) is 5.36. The second-order valence-corrected chi connectivity index (χ2v) is 4.72. The van der Waals surface area contributed by atoms with E-state index in [1.54, 1.807) is 26.0 Å². The van der Waals surface area contributed by atoms with Crippen LogP contribution in [0.15, 0.2) is 18.2 Å². The first-order chi connectivity index (χ1) is 9.93. The minimum Gasteiger partial charge on any atom is -0.465 e. The summed E-state index contributed by atoms with van der Waals surface area (Å²) in [6.07, 6.45) is -1.29. The van der Waals surface area contributed by atoms with Crippen LogP contribution in [0.4, 0.5) is 0 Å². The Bertz CT molecular complexity index is 491. The van der Waals surface area contributed by atoms with Crippen LogP contribution in [0, 0.1) is 19.8 Å². The standard InChI is InChI=1S/C16H22O5/c1-5-20-15(18)13(16(19)21-6-2)14(17)12-9-7-8-10(3)11(12)4/h7-9,13-14,17H,5-6H2,1-4H3. The predicted molar refractivity (Wildman–Crippen MR) is 77.6 cm³/mol. The molecule has 0 amide bonds.